The number of hydrogen-bond acceptors (Lipinski definition) is 5. The van der Waals surface area contributed by atoms with E-state index in [2.05, 4.69) is 15.5 Å². The Hall–Kier alpha value is -3.29. The van der Waals surface area contributed by atoms with E-state index in [1.807, 2.05) is 62.6 Å². The molecule has 6 nitrogen and oxygen atoms in total. The molecule has 0 radical (unpaired) electrons. The summed E-state index contributed by atoms with van der Waals surface area (Å²) in [6.07, 6.45) is 0.719. The first-order valence-electron chi connectivity index (χ1n) is 10.9. The van der Waals surface area contributed by atoms with Gasteiger partial charge in [0, 0.05) is 28.4 Å². The highest BCUT2D eigenvalue weighted by Crippen LogP contribution is 2.38. The maximum Gasteiger partial charge on any atom is 0.256 e. The van der Waals surface area contributed by atoms with Crippen molar-refractivity contribution in [3.63, 3.8) is 0 Å². The predicted octanol–water partition coefficient (Wildman–Crippen LogP) is 4.32. The lowest BCUT2D eigenvalue weighted by Crippen LogP contribution is -2.25. The van der Waals surface area contributed by atoms with E-state index in [4.69, 9.17) is 4.74 Å². The zero-order chi connectivity index (χ0) is 23.2. The second-order valence-electron chi connectivity index (χ2n) is 8.06. The van der Waals surface area contributed by atoms with Crippen molar-refractivity contribution in [2.24, 2.45) is 0 Å². The fourth-order valence-electron chi connectivity index (χ4n) is 3.43. The number of likely N-dealkylation sites (N-methyl/N-ethyl adjacent to an activating group) is 1. The normalized spacial score (nSPS) is 12.4. The van der Waals surface area contributed by atoms with E-state index in [0.29, 0.717) is 30.0 Å². The summed E-state index contributed by atoms with van der Waals surface area (Å²) >= 11 is 1.52. The number of rotatable bonds is 8. The molecule has 0 saturated heterocycles. The third-order valence-electron chi connectivity index (χ3n) is 5.27. The molecule has 3 aromatic carbocycles. The van der Waals surface area contributed by atoms with Crippen LogP contribution in [0.25, 0.3) is 0 Å². The zero-order valence-corrected chi connectivity index (χ0v) is 19.6. The Morgan fingerprint density at radius 3 is 2.61 bits per heavy atom. The molecule has 1 aliphatic heterocycles. The molecule has 33 heavy (non-hydrogen) atoms. The van der Waals surface area contributed by atoms with E-state index >= 15 is 0 Å². The van der Waals surface area contributed by atoms with Crippen molar-refractivity contribution in [3.05, 3.63) is 83.4 Å². The van der Waals surface area contributed by atoms with E-state index in [-0.39, 0.29) is 11.8 Å². The number of hydrogen-bond donors (Lipinski definition) is 2. The van der Waals surface area contributed by atoms with Gasteiger partial charge in [0.25, 0.3) is 11.8 Å². The van der Waals surface area contributed by atoms with Gasteiger partial charge in [0.2, 0.25) is 0 Å². The van der Waals surface area contributed by atoms with Crippen molar-refractivity contribution in [3.8, 4) is 5.75 Å². The molecule has 0 aliphatic carbocycles. The van der Waals surface area contributed by atoms with Gasteiger partial charge in [-0.15, -0.1) is 0 Å². The minimum absolute atomic E-state index is 0.163. The van der Waals surface area contributed by atoms with Crippen molar-refractivity contribution < 1.29 is 14.3 Å². The first-order chi connectivity index (χ1) is 16.0. The van der Waals surface area contributed by atoms with Crippen molar-refractivity contribution in [1.82, 2.24) is 10.2 Å². The minimum atomic E-state index is -0.164. The number of carbonyl (C=O) groups excluding carboxylic acids is 2. The first kappa shape index (κ1) is 22.9. The van der Waals surface area contributed by atoms with E-state index < -0.39 is 0 Å². The maximum absolute atomic E-state index is 12.7. The Balaban J connectivity index is 1.32. The molecule has 0 fully saturated rings. The van der Waals surface area contributed by atoms with Crippen LogP contribution in [0.1, 0.15) is 26.3 Å². The van der Waals surface area contributed by atoms with Crippen molar-refractivity contribution in [2.45, 2.75) is 16.2 Å². The molecule has 3 aromatic rings. The molecule has 0 unspecified atom stereocenters. The second kappa shape index (κ2) is 10.6. The fourth-order valence-corrected chi connectivity index (χ4v) is 4.44. The molecule has 170 valence electrons. The number of ether oxygens (including phenoxy) is 1. The number of amides is 2. The second-order valence-corrected chi connectivity index (χ2v) is 9.15. The highest BCUT2D eigenvalue weighted by atomic mass is 32.2. The van der Waals surface area contributed by atoms with Crippen molar-refractivity contribution >= 4 is 29.3 Å². The van der Waals surface area contributed by atoms with Crippen LogP contribution in [0.4, 0.5) is 5.69 Å². The van der Waals surface area contributed by atoms with Crippen LogP contribution >= 0.6 is 11.8 Å². The van der Waals surface area contributed by atoms with E-state index in [0.717, 1.165) is 34.1 Å². The Morgan fingerprint density at radius 2 is 1.82 bits per heavy atom. The third-order valence-corrected chi connectivity index (χ3v) is 6.42. The summed E-state index contributed by atoms with van der Waals surface area (Å²) in [5.41, 5.74) is 2.93. The van der Waals surface area contributed by atoms with E-state index in [1.165, 1.54) is 11.8 Å². The van der Waals surface area contributed by atoms with Gasteiger partial charge < -0.3 is 20.3 Å². The summed E-state index contributed by atoms with van der Waals surface area (Å²) in [6, 6.07) is 20.9. The molecule has 1 aliphatic rings. The highest BCUT2D eigenvalue weighted by Gasteiger charge is 2.20. The Bertz CT molecular complexity index is 1150. The van der Waals surface area contributed by atoms with Crippen molar-refractivity contribution in [2.75, 3.05) is 39.1 Å². The zero-order valence-electron chi connectivity index (χ0n) is 18.8. The molecule has 0 atom stereocenters. The molecular formula is C26H27N3O3S. The quantitative estimate of drug-likeness (QED) is 0.523. The van der Waals surface area contributed by atoms with Crippen LogP contribution in [0.5, 0.6) is 5.75 Å². The Labute approximate surface area is 198 Å². The third kappa shape index (κ3) is 5.94. The number of carbonyl (C=O) groups is 2. The summed E-state index contributed by atoms with van der Waals surface area (Å²) in [5, 5.41) is 5.89. The van der Waals surface area contributed by atoms with Crippen LogP contribution in [0.15, 0.2) is 76.5 Å². The highest BCUT2D eigenvalue weighted by molar-refractivity contribution is 7.99. The van der Waals surface area contributed by atoms with Crippen LogP contribution < -0.4 is 15.4 Å². The van der Waals surface area contributed by atoms with Crippen LogP contribution in [-0.4, -0.2) is 50.5 Å². The molecule has 0 bridgehead atoms. The van der Waals surface area contributed by atoms with Crippen LogP contribution in [-0.2, 0) is 6.42 Å². The van der Waals surface area contributed by atoms with Crippen LogP contribution in [0.3, 0.4) is 0 Å². The van der Waals surface area contributed by atoms with Crippen LogP contribution in [0, 0.1) is 0 Å². The van der Waals surface area contributed by atoms with Gasteiger partial charge in [0.1, 0.15) is 12.4 Å². The van der Waals surface area contributed by atoms with E-state index in [9.17, 15) is 9.59 Å². The van der Waals surface area contributed by atoms with Gasteiger partial charge in [0.05, 0.1) is 11.3 Å². The summed E-state index contributed by atoms with van der Waals surface area (Å²) in [4.78, 5) is 29.1. The molecule has 0 spiro atoms. The lowest BCUT2D eigenvalue weighted by molar-refractivity contribution is 0.0952. The molecule has 2 N–H and O–H groups in total. The largest absolute Gasteiger partial charge is 0.492 e. The topological polar surface area (TPSA) is 70.7 Å². The monoisotopic (exact) mass is 461 g/mol. The number of benzene rings is 3. The average Bonchev–Trinajstić information content (AvgIpc) is 2.95. The lowest BCUT2D eigenvalue weighted by Gasteiger charge is -2.11. The molecule has 1 heterocycles. The number of nitrogens with one attached hydrogen (secondary N) is 2. The predicted molar refractivity (Wildman–Crippen MR) is 131 cm³/mol. The molecule has 2 amide bonds. The van der Waals surface area contributed by atoms with Gasteiger partial charge in [-0.1, -0.05) is 36.0 Å². The SMILES string of the molecule is CN(C)CCOc1ccc(CCNC(=O)c2ccc3c(c2)NC(=O)c2ccccc2S3)cc1. The minimum Gasteiger partial charge on any atom is -0.492 e. The molecule has 0 aromatic heterocycles. The van der Waals surface area contributed by atoms with Gasteiger partial charge in [-0.05, 0) is 68.5 Å². The van der Waals surface area contributed by atoms with Crippen molar-refractivity contribution in [1.29, 1.82) is 0 Å². The van der Waals surface area contributed by atoms with Gasteiger partial charge in [-0.25, -0.2) is 0 Å². The smallest absolute Gasteiger partial charge is 0.256 e. The summed E-state index contributed by atoms with van der Waals surface area (Å²) in [7, 11) is 4.03. The molecule has 7 heteroatoms. The fraction of sp³-hybridized carbons (Fsp3) is 0.231. The number of fused-ring (bicyclic) bond motifs is 2. The van der Waals surface area contributed by atoms with Crippen LogP contribution in [0.2, 0.25) is 0 Å². The first-order valence-corrected chi connectivity index (χ1v) is 11.7. The van der Waals surface area contributed by atoms with Gasteiger partial charge in [0.15, 0.2) is 0 Å². The average molecular weight is 462 g/mol. The van der Waals surface area contributed by atoms with E-state index in [1.54, 1.807) is 18.2 Å². The number of anilines is 1. The van der Waals surface area contributed by atoms with Gasteiger partial charge >= 0.3 is 0 Å². The Morgan fingerprint density at radius 1 is 1.03 bits per heavy atom. The summed E-state index contributed by atoms with van der Waals surface area (Å²) in [5.74, 6) is 0.516. The maximum atomic E-state index is 12.7. The number of nitrogens with zero attached hydrogens (tertiary/aromatic N) is 1. The Kier molecular flexibility index (Phi) is 7.32. The molecule has 4 rings (SSSR count). The summed E-state index contributed by atoms with van der Waals surface area (Å²) < 4.78 is 5.71. The van der Waals surface area contributed by atoms with Gasteiger partial charge in [-0.2, -0.15) is 0 Å². The van der Waals surface area contributed by atoms with Gasteiger partial charge in [-0.3, -0.25) is 9.59 Å². The standard InChI is InChI=1S/C26H27N3O3S/c1-29(2)15-16-32-20-10-7-18(8-11-20)13-14-27-25(30)19-9-12-24-22(17-19)28-26(31)21-5-3-4-6-23(21)33-24/h3-12,17H,13-16H2,1-2H3,(H,27,30)(H,28,31). The summed E-state index contributed by atoms with van der Waals surface area (Å²) in [6.45, 7) is 2.03. The molecule has 0 saturated carbocycles. The molecular weight excluding hydrogens is 434 g/mol. The lowest BCUT2D eigenvalue weighted by atomic mass is 10.1.